The van der Waals surface area contributed by atoms with E-state index in [1.807, 2.05) is 6.07 Å². The van der Waals surface area contributed by atoms with Gasteiger partial charge in [0.15, 0.2) is 11.6 Å². The largest absolute Gasteiger partial charge is 0.441 e. The Morgan fingerprint density at radius 2 is 1.91 bits per heavy atom. The summed E-state index contributed by atoms with van der Waals surface area (Å²) in [6.45, 7) is 2.79. The van der Waals surface area contributed by atoms with Crippen LogP contribution in [0.15, 0.2) is 48.7 Å². The van der Waals surface area contributed by atoms with Crippen molar-refractivity contribution in [3.8, 4) is 5.69 Å². The Hall–Kier alpha value is -3.49. The molecule has 2 fully saturated rings. The zero-order valence-electron chi connectivity index (χ0n) is 18.3. The second-order valence-electron chi connectivity index (χ2n) is 8.82. The molecule has 1 saturated carbocycles. The van der Waals surface area contributed by atoms with E-state index < -0.39 is 17.5 Å². The Morgan fingerprint density at radius 1 is 1.12 bits per heavy atom. The molecule has 0 radical (unpaired) electrons. The number of aromatic nitrogens is 3. The molecule has 1 amide bonds. The minimum atomic E-state index is -0.599. The molecule has 1 spiro atoms. The summed E-state index contributed by atoms with van der Waals surface area (Å²) in [6.07, 6.45) is 4.33. The highest BCUT2D eigenvalue weighted by molar-refractivity contribution is 5.89. The predicted molar refractivity (Wildman–Crippen MR) is 119 cm³/mol. The number of rotatable bonds is 5. The number of carbonyl (C=O) groups is 1. The van der Waals surface area contributed by atoms with E-state index in [-0.39, 0.29) is 11.6 Å². The predicted octanol–water partition coefficient (Wildman–Crippen LogP) is 4.85. The van der Waals surface area contributed by atoms with Crippen molar-refractivity contribution in [3.05, 3.63) is 66.0 Å². The molecule has 9 heteroatoms. The standard InChI is InChI=1S/C24H25F2N5O2/c1-16-6-7-19(26)22(28-16)30-15-24(33-23(30)32)11-8-17(9-12-24)14-27-21-10-13-31(29-21)20-5-3-2-4-18(20)25/h2-7,10,13,17H,8-9,11-12,14-15H2,1H3,(H,27,29)/t17-,24-. The van der Waals surface area contributed by atoms with Gasteiger partial charge >= 0.3 is 6.09 Å². The van der Waals surface area contributed by atoms with Crippen molar-refractivity contribution in [2.75, 3.05) is 23.3 Å². The van der Waals surface area contributed by atoms with Crippen molar-refractivity contribution in [3.63, 3.8) is 0 Å². The van der Waals surface area contributed by atoms with E-state index in [1.54, 1.807) is 37.4 Å². The molecule has 3 aromatic rings. The summed E-state index contributed by atoms with van der Waals surface area (Å²) in [5.41, 5.74) is 0.447. The first-order valence-electron chi connectivity index (χ1n) is 11.1. The second kappa shape index (κ2) is 8.46. The summed E-state index contributed by atoms with van der Waals surface area (Å²) < 4.78 is 35.5. The molecule has 1 aromatic carbocycles. The number of anilines is 2. The third-order valence-electron chi connectivity index (χ3n) is 6.47. The van der Waals surface area contributed by atoms with Crippen LogP contribution in [0, 0.1) is 24.5 Å². The Bertz CT molecular complexity index is 1170. The van der Waals surface area contributed by atoms with E-state index in [0.29, 0.717) is 42.5 Å². The van der Waals surface area contributed by atoms with Crippen LogP contribution in [0.1, 0.15) is 31.4 Å². The number of nitrogens with zero attached hydrogens (tertiary/aromatic N) is 4. The van der Waals surface area contributed by atoms with Crippen LogP contribution in [0.25, 0.3) is 5.69 Å². The first-order valence-corrected chi connectivity index (χ1v) is 11.1. The van der Waals surface area contributed by atoms with Gasteiger partial charge in [0.25, 0.3) is 0 Å². The number of nitrogens with one attached hydrogen (secondary N) is 1. The van der Waals surface area contributed by atoms with Gasteiger partial charge in [-0.25, -0.2) is 23.2 Å². The van der Waals surface area contributed by atoms with Crippen molar-refractivity contribution in [2.45, 2.75) is 38.2 Å². The van der Waals surface area contributed by atoms with Crippen LogP contribution in [0.5, 0.6) is 0 Å². The monoisotopic (exact) mass is 453 g/mol. The van der Waals surface area contributed by atoms with Crippen LogP contribution in [0.3, 0.4) is 0 Å². The van der Waals surface area contributed by atoms with Gasteiger partial charge in [0, 0.05) is 24.5 Å². The maximum atomic E-state index is 14.3. The Morgan fingerprint density at radius 3 is 2.70 bits per heavy atom. The van der Waals surface area contributed by atoms with Gasteiger partial charge in [-0.3, -0.25) is 4.90 Å². The lowest BCUT2D eigenvalue weighted by atomic mass is 9.78. The molecular weight excluding hydrogens is 428 g/mol. The topological polar surface area (TPSA) is 72.3 Å². The summed E-state index contributed by atoms with van der Waals surface area (Å²) in [5, 5.41) is 7.74. The van der Waals surface area contributed by atoms with Crippen LogP contribution < -0.4 is 10.2 Å². The normalized spacial score (nSPS) is 22.6. The molecule has 3 heterocycles. The van der Waals surface area contributed by atoms with E-state index in [2.05, 4.69) is 15.4 Å². The molecule has 172 valence electrons. The highest BCUT2D eigenvalue weighted by Crippen LogP contribution is 2.41. The Labute approximate surface area is 190 Å². The molecule has 33 heavy (non-hydrogen) atoms. The molecule has 2 aliphatic rings. The van der Waals surface area contributed by atoms with E-state index in [4.69, 9.17) is 4.74 Å². The van der Waals surface area contributed by atoms with Gasteiger partial charge < -0.3 is 10.1 Å². The van der Waals surface area contributed by atoms with Crippen molar-refractivity contribution >= 4 is 17.7 Å². The molecule has 2 aromatic heterocycles. The molecule has 0 bridgehead atoms. The van der Waals surface area contributed by atoms with Crippen molar-refractivity contribution < 1.29 is 18.3 Å². The first-order chi connectivity index (χ1) is 15.9. The summed E-state index contributed by atoms with van der Waals surface area (Å²) in [6, 6.07) is 11.2. The molecule has 1 aliphatic carbocycles. The molecule has 0 atom stereocenters. The molecular formula is C24H25F2N5O2. The van der Waals surface area contributed by atoms with Gasteiger partial charge in [0.2, 0.25) is 0 Å². The highest BCUT2D eigenvalue weighted by atomic mass is 19.1. The van der Waals surface area contributed by atoms with Gasteiger partial charge in [-0.1, -0.05) is 12.1 Å². The number of benzene rings is 1. The van der Waals surface area contributed by atoms with E-state index in [9.17, 15) is 13.6 Å². The summed E-state index contributed by atoms with van der Waals surface area (Å²) in [5.74, 6) is 0.243. The average molecular weight is 453 g/mol. The molecule has 7 nitrogen and oxygen atoms in total. The lowest BCUT2D eigenvalue weighted by Crippen LogP contribution is -2.40. The fourth-order valence-corrected chi connectivity index (χ4v) is 4.61. The fraction of sp³-hybridized carbons (Fsp3) is 0.375. The third kappa shape index (κ3) is 4.27. The number of ether oxygens (including phenoxy) is 1. The summed E-state index contributed by atoms with van der Waals surface area (Å²) in [7, 11) is 0. The van der Waals surface area contributed by atoms with Gasteiger partial charge in [0.1, 0.15) is 22.9 Å². The van der Waals surface area contributed by atoms with Crippen molar-refractivity contribution in [2.24, 2.45) is 5.92 Å². The molecule has 1 N–H and O–H groups in total. The van der Waals surface area contributed by atoms with Gasteiger partial charge in [-0.05, 0) is 62.8 Å². The number of aryl methyl sites for hydroxylation is 1. The number of pyridine rings is 1. The molecule has 0 unspecified atom stereocenters. The van der Waals surface area contributed by atoms with Crippen LogP contribution in [-0.2, 0) is 4.74 Å². The minimum absolute atomic E-state index is 0.0334. The van der Waals surface area contributed by atoms with Gasteiger partial charge in [0.05, 0.1) is 6.54 Å². The number of hydrogen-bond donors (Lipinski definition) is 1. The van der Waals surface area contributed by atoms with E-state index in [0.717, 1.165) is 19.4 Å². The maximum Gasteiger partial charge on any atom is 0.416 e. The van der Waals surface area contributed by atoms with Gasteiger partial charge in [-0.15, -0.1) is 0 Å². The van der Waals surface area contributed by atoms with E-state index >= 15 is 0 Å². The molecule has 1 saturated heterocycles. The third-order valence-corrected chi connectivity index (χ3v) is 6.47. The van der Waals surface area contributed by atoms with E-state index in [1.165, 1.54) is 21.7 Å². The zero-order valence-corrected chi connectivity index (χ0v) is 18.3. The van der Waals surface area contributed by atoms with Crippen LogP contribution >= 0.6 is 0 Å². The van der Waals surface area contributed by atoms with Crippen LogP contribution in [0.2, 0.25) is 0 Å². The summed E-state index contributed by atoms with van der Waals surface area (Å²) >= 11 is 0. The number of para-hydroxylation sites is 1. The zero-order chi connectivity index (χ0) is 23.0. The van der Waals surface area contributed by atoms with Crippen LogP contribution in [-0.4, -0.2) is 39.5 Å². The number of amides is 1. The second-order valence-corrected chi connectivity index (χ2v) is 8.82. The van der Waals surface area contributed by atoms with Crippen molar-refractivity contribution in [1.29, 1.82) is 0 Å². The molecule has 1 aliphatic heterocycles. The molecule has 5 rings (SSSR count). The Kier molecular flexibility index (Phi) is 5.47. The number of carbonyl (C=O) groups excluding carboxylic acids is 1. The highest BCUT2D eigenvalue weighted by Gasteiger charge is 2.48. The number of halogens is 2. The Balaban J connectivity index is 1.17. The lowest BCUT2D eigenvalue weighted by Gasteiger charge is -2.35. The lowest BCUT2D eigenvalue weighted by molar-refractivity contribution is 0.0148. The average Bonchev–Trinajstić information content (AvgIpc) is 3.40. The fourth-order valence-electron chi connectivity index (χ4n) is 4.61. The van der Waals surface area contributed by atoms with Crippen LogP contribution in [0.4, 0.5) is 25.2 Å². The summed E-state index contributed by atoms with van der Waals surface area (Å²) in [4.78, 5) is 18.0. The maximum absolute atomic E-state index is 14.3. The van der Waals surface area contributed by atoms with Crippen molar-refractivity contribution in [1.82, 2.24) is 14.8 Å². The quantitative estimate of drug-likeness (QED) is 0.598. The number of hydrogen-bond acceptors (Lipinski definition) is 5. The first kappa shape index (κ1) is 21.4. The minimum Gasteiger partial charge on any atom is -0.441 e. The van der Waals surface area contributed by atoms with Gasteiger partial charge in [-0.2, -0.15) is 5.10 Å². The SMILES string of the molecule is Cc1ccc(F)c(N2C[C@]3(CC[C@@H](CNc4ccn(-c5ccccc5F)n4)CC3)OC2=O)n1. The smallest absolute Gasteiger partial charge is 0.416 e.